The first-order valence-electron chi connectivity index (χ1n) is 4.60. The molecule has 1 aromatic heterocycles. The van der Waals surface area contributed by atoms with Crippen LogP contribution >= 0.6 is 0 Å². The fourth-order valence-corrected chi connectivity index (χ4v) is 1.17. The van der Waals surface area contributed by atoms with Gasteiger partial charge in [0.1, 0.15) is 0 Å². The number of hydrogen-bond acceptors (Lipinski definition) is 3. The van der Waals surface area contributed by atoms with Gasteiger partial charge in [0.25, 0.3) is 0 Å². The Balaban J connectivity index is 2.32. The molecule has 1 heterocycles. The lowest BCUT2D eigenvalue weighted by molar-refractivity contribution is 0.172. The number of aliphatic hydroxyl groups excluding tert-OH is 1. The van der Waals surface area contributed by atoms with Crippen LogP contribution in [-0.2, 0) is 6.42 Å². The first-order valence-corrected chi connectivity index (χ1v) is 4.60. The molecule has 13 heavy (non-hydrogen) atoms. The summed E-state index contributed by atoms with van der Waals surface area (Å²) in [4.78, 5) is 3.92. The largest absolute Gasteiger partial charge is 0.391 e. The van der Waals surface area contributed by atoms with Crippen LogP contribution in [0.3, 0.4) is 0 Å². The zero-order valence-corrected chi connectivity index (χ0v) is 7.90. The van der Waals surface area contributed by atoms with Crippen LogP contribution in [0, 0.1) is 0 Å². The van der Waals surface area contributed by atoms with Crippen molar-refractivity contribution in [3.05, 3.63) is 30.1 Å². The summed E-state index contributed by atoms with van der Waals surface area (Å²) in [5.74, 6) is 0. The summed E-state index contributed by atoms with van der Waals surface area (Å²) in [5, 5.41) is 12.7. The highest BCUT2D eigenvalue weighted by Gasteiger charge is 2.03. The Hall–Kier alpha value is -0.930. The molecule has 0 aromatic carbocycles. The van der Waals surface area contributed by atoms with Crippen LogP contribution in [0.2, 0.25) is 0 Å². The van der Waals surface area contributed by atoms with E-state index in [1.165, 1.54) is 0 Å². The van der Waals surface area contributed by atoms with Crippen LogP contribution in [0.4, 0.5) is 0 Å². The molecule has 1 atom stereocenters. The van der Waals surface area contributed by atoms with Crippen molar-refractivity contribution in [1.29, 1.82) is 0 Å². The van der Waals surface area contributed by atoms with E-state index in [2.05, 4.69) is 10.3 Å². The number of hydrogen-bond donors (Lipinski definition) is 2. The maximum absolute atomic E-state index is 9.55. The molecule has 0 aliphatic carbocycles. The second kappa shape index (κ2) is 5.67. The van der Waals surface area contributed by atoms with Gasteiger partial charge in [-0.1, -0.05) is 6.92 Å². The third-order valence-corrected chi connectivity index (χ3v) is 1.85. The van der Waals surface area contributed by atoms with Crippen molar-refractivity contribution in [1.82, 2.24) is 10.3 Å². The summed E-state index contributed by atoms with van der Waals surface area (Å²) in [6.07, 6.45) is 3.88. The Morgan fingerprint density at radius 2 is 2.15 bits per heavy atom. The Bertz CT molecular complexity index is 226. The van der Waals surface area contributed by atoms with E-state index in [0.717, 1.165) is 12.1 Å². The lowest BCUT2D eigenvalue weighted by Crippen LogP contribution is -2.28. The van der Waals surface area contributed by atoms with Crippen LogP contribution in [0.1, 0.15) is 12.5 Å². The summed E-state index contributed by atoms with van der Waals surface area (Å²) >= 11 is 0. The number of nitrogens with zero attached hydrogens (tertiary/aromatic N) is 1. The number of nitrogens with one attached hydrogen (secondary N) is 1. The van der Waals surface area contributed by atoms with Crippen LogP contribution in [0.5, 0.6) is 0 Å². The van der Waals surface area contributed by atoms with Gasteiger partial charge in [-0.2, -0.15) is 0 Å². The van der Waals surface area contributed by atoms with Crippen LogP contribution in [0.25, 0.3) is 0 Å². The molecule has 3 nitrogen and oxygen atoms in total. The second-order valence-corrected chi connectivity index (χ2v) is 3.02. The molecular weight excluding hydrogens is 164 g/mol. The first kappa shape index (κ1) is 10.2. The van der Waals surface area contributed by atoms with E-state index in [1.54, 1.807) is 12.4 Å². The van der Waals surface area contributed by atoms with Crippen molar-refractivity contribution in [2.45, 2.75) is 19.4 Å². The van der Waals surface area contributed by atoms with E-state index in [-0.39, 0.29) is 6.10 Å². The quantitative estimate of drug-likeness (QED) is 0.697. The van der Waals surface area contributed by atoms with Gasteiger partial charge in [-0.3, -0.25) is 4.98 Å². The molecule has 0 radical (unpaired) electrons. The zero-order chi connectivity index (χ0) is 9.52. The molecule has 0 amide bonds. The molecular formula is C10H16N2O. The van der Waals surface area contributed by atoms with Crippen LogP contribution in [0.15, 0.2) is 24.5 Å². The third-order valence-electron chi connectivity index (χ3n) is 1.85. The zero-order valence-electron chi connectivity index (χ0n) is 7.90. The standard InChI is InChI=1S/C10H16N2O/c1-2-11-8-10(13)7-9-3-5-12-6-4-9/h3-6,10-11,13H,2,7-8H2,1H3. The summed E-state index contributed by atoms with van der Waals surface area (Å²) in [7, 11) is 0. The van der Waals surface area contributed by atoms with E-state index >= 15 is 0 Å². The minimum atomic E-state index is -0.303. The van der Waals surface area contributed by atoms with E-state index < -0.39 is 0 Å². The third kappa shape index (κ3) is 4.01. The van der Waals surface area contributed by atoms with E-state index in [4.69, 9.17) is 0 Å². The van der Waals surface area contributed by atoms with Crippen LogP contribution < -0.4 is 5.32 Å². The molecule has 0 aliphatic heterocycles. The van der Waals surface area contributed by atoms with Gasteiger partial charge in [0.2, 0.25) is 0 Å². The van der Waals surface area contributed by atoms with Crippen molar-refractivity contribution < 1.29 is 5.11 Å². The molecule has 72 valence electrons. The van der Waals surface area contributed by atoms with E-state index in [0.29, 0.717) is 13.0 Å². The summed E-state index contributed by atoms with van der Waals surface area (Å²) in [5.41, 5.74) is 1.13. The molecule has 1 rings (SSSR count). The Morgan fingerprint density at radius 3 is 2.77 bits per heavy atom. The van der Waals surface area contributed by atoms with E-state index in [9.17, 15) is 5.11 Å². The number of pyridine rings is 1. The van der Waals surface area contributed by atoms with Gasteiger partial charge in [0, 0.05) is 18.9 Å². The average Bonchev–Trinajstić information content (AvgIpc) is 2.16. The minimum Gasteiger partial charge on any atom is -0.391 e. The fourth-order valence-electron chi connectivity index (χ4n) is 1.17. The average molecular weight is 180 g/mol. The molecule has 0 spiro atoms. The van der Waals surface area contributed by atoms with E-state index in [1.807, 2.05) is 19.1 Å². The highest BCUT2D eigenvalue weighted by Crippen LogP contribution is 2.00. The smallest absolute Gasteiger partial charge is 0.0704 e. The highest BCUT2D eigenvalue weighted by molar-refractivity contribution is 5.10. The number of likely N-dealkylation sites (N-methyl/N-ethyl adjacent to an activating group) is 1. The summed E-state index contributed by atoms with van der Waals surface area (Å²) in [6, 6.07) is 3.85. The van der Waals surface area contributed by atoms with Crippen molar-refractivity contribution >= 4 is 0 Å². The van der Waals surface area contributed by atoms with Gasteiger partial charge in [-0.05, 0) is 30.7 Å². The number of rotatable bonds is 5. The molecule has 0 saturated carbocycles. The van der Waals surface area contributed by atoms with Crippen LogP contribution in [-0.4, -0.2) is 29.3 Å². The molecule has 0 fully saturated rings. The Labute approximate surface area is 78.8 Å². The SMILES string of the molecule is CCNCC(O)Cc1ccncc1. The predicted molar refractivity (Wildman–Crippen MR) is 52.5 cm³/mol. The monoisotopic (exact) mass is 180 g/mol. The molecule has 0 aliphatic rings. The maximum atomic E-state index is 9.55. The maximum Gasteiger partial charge on any atom is 0.0704 e. The molecule has 0 bridgehead atoms. The Morgan fingerprint density at radius 1 is 1.46 bits per heavy atom. The van der Waals surface area contributed by atoms with Gasteiger partial charge in [0.05, 0.1) is 6.10 Å². The second-order valence-electron chi connectivity index (χ2n) is 3.02. The topological polar surface area (TPSA) is 45.1 Å². The molecule has 2 N–H and O–H groups in total. The Kier molecular flexibility index (Phi) is 4.43. The van der Waals surface area contributed by atoms with Crippen molar-refractivity contribution in [2.75, 3.05) is 13.1 Å². The molecule has 0 saturated heterocycles. The van der Waals surface area contributed by atoms with Gasteiger partial charge >= 0.3 is 0 Å². The molecule has 3 heteroatoms. The van der Waals surface area contributed by atoms with Crippen molar-refractivity contribution in [3.63, 3.8) is 0 Å². The lowest BCUT2D eigenvalue weighted by Gasteiger charge is -2.10. The normalized spacial score (nSPS) is 12.8. The lowest BCUT2D eigenvalue weighted by atomic mass is 10.1. The van der Waals surface area contributed by atoms with Gasteiger partial charge in [0.15, 0.2) is 0 Å². The van der Waals surface area contributed by atoms with Gasteiger partial charge in [-0.15, -0.1) is 0 Å². The van der Waals surface area contributed by atoms with Gasteiger partial charge < -0.3 is 10.4 Å². The van der Waals surface area contributed by atoms with Crippen molar-refractivity contribution in [2.24, 2.45) is 0 Å². The summed E-state index contributed by atoms with van der Waals surface area (Å²) in [6.45, 7) is 3.57. The molecule has 1 unspecified atom stereocenters. The number of aliphatic hydroxyl groups is 1. The highest BCUT2D eigenvalue weighted by atomic mass is 16.3. The van der Waals surface area contributed by atoms with Crippen molar-refractivity contribution in [3.8, 4) is 0 Å². The predicted octanol–water partition coefficient (Wildman–Crippen LogP) is 0.594. The minimum absolute atomic E-state index is 0.303. The fraction of sp³-hybridized carbons (Fsp3) is 0.500. The van der Waals surface area contributed by atoms with Gasteiger partial charge in [-0.25, -0.2) is 0 Å². The number of aromatic nitrogens is 1. The summed E-state index contributed by atoms with van der Waals surface area (Å²) < 4.78 is 0. The molecule has 1 aromatic rings. The first-order chi connectivity index (χ1) is 6.33.